The van der Waals surface area contributed by atoms with Crippen LogP contribution in [0, 0.1) is 6.92 Å². The van der Waals surface area contributed by atoms with Crippen molar-refractivity contribution in [3.63, 3.8) is 0 Å². The van der Waals surface area contributed by atoms with E-state index >= 15 is 0 Å². The molecule has 3 aromatic heterocycles. The van der Waals surface area contributed by atoms with Crippen LogP contribution < -0.4 is 5.69 Å². The number of nitrogens with zero attached hydrogens (tertiary/aromatic N) is 6. The van der Waals surface area contributed by atoms with Gasteiger partial charge in [-0.3, -0.25) is 4.57 Å². The fraction of sp³-hybridized carbons (Fsp3) is 0.200. The van der Waals surface area contributed by atoms with Crippen LogP contribution in [-0.2, 0) is 13.6 Å². The van der Waals surface area contributed by atoms with Crippen LogP contribution in [-0.4, -0.2) is 28.7 Å². The van der Waals surface area contributed by atoms with Gasteiger partial charge in [0.1, 0.15) is 11.3 Å². The van der Waals surface area contributed by atoms with E-state index in [0.717, 1.165) is 11.1 Å². The van der Waals surface area contributed by atoms with Crippen molar-refractivity contribution in [2.45, 2.75) is 13.5 Å². The second-order valence-corrected chi connectivity index (χ2v) is 5.29. The summed E-state index contributed by atoms with van der Waals surface area (Å²) >= 11 is 0. The van der Waals surface area contributed by atoms with Crippen molar-refractivity contribution in [3.8, 4) is 0 Å². The number of aromatic nitrogens is 6. The number of imidazole rings is 1. The van der Waals surface area contributed by atoms with Crippen molar-refractivity contribution in [2.24, 2.45) is 7.05 Å². The van der Waals surface area contributed by atoms with Crippen LogP contribution >= 0.6 is 0 Å². The highest BCUT2D eigenvalue weighted by atomic mass is 16.1. The van der Waals surface area contributed by atoms with Crippen molar-refractivity contribution in [1.82, 2.24) is 28.7 Å². The number of rotatable bonds is 2. The Bertz CT molecular complexity index is 1040. The minimum absolute atomic E-state index is 0.174. The van der Waals surface area contributed by atoms with Crippen molar-refractivity contribution in [1.29, 1.82) is 0 Å². The molecule has 110 valence electrons. The normalized spacial score (nSPS) is 11.5. The lowest BCUT2D eigenvalue weighted by molar-refractivity contribution is 0.731. The summed E-state index contributed by atoms with van der Waals surface area (Å²) in [6, 6.07) is 9.85. The molecule has 1 aromatic carbocycles. The van der Waals surface area contributed by atoms with Gasteiger partial charge in [0.25, 0.3) is 0 Å². The van der Waals surface area contributed by atoms with E-state index in [4.69, 9.17) is 0 Å². The van der Waals surface area contributed by atoms with Crippen molar-refractivity contribution in [3.05, 3.63) is 58.5 Å². The Morgan fingerprint density at radius 3 is 2.64 bits per heavy atom. The zero-order valence-corrected chi connectivity index (χ0v) is 12.3. The first-order valence-electron chi connectivity index (χ1n) is 6.96. The molecular weight excluding hydrogens is 280 g/mol. The summed E-state index contributed by atoms with van der Waals surface area (Å²) in [6.45, 7) is 2.23. The molecule has 0 N–H and O–H groups in total. The number of aryl methyl sites for hydroxylation is 2. The summed E-state index contributed by atoms with van der Waals surface area (Å²) in [5.41, 5.74) is 2.84. The molecule has 0 radical (unpaired) electrons. The summed E-state index contributed by atoms with van der Waals surface area (Å²) in [6.07, 6.45) is 1.69. The minimum Gasteiger partial charge on any atom is -0.329 e. The number of hydrogen-bond acceptors (Lipinski definition) is 4. The molecule has 0 atom stereocenters. The average Bonchev–Trinajstić information content (AvgIpc) is 3.08. The average molecular weight is 294 g/mol. The summed E-state index contributed by atoms with van der Waals surface area (Å²) in [5.74, 6) is 0.574. The van der Waals surface area contributed by atoms with Crippen LogP contribution in [0.2, 0.25) is 0 Å². The van der Waals surface area contributed by atoms with Gasteiger partial charge in [-0.15, -0.1) is 10.2 Å². The lowest BCUT2D eigenvalue weighted by Crippen LogP contribution is -2.28. The molecule has 0 spiro atoms. The van der Waals surface area contributed by atoms with Crippen LogP contribution in [0.3, 0.4) is 0 Å². The smallest absolute Gasteiger partial charge is 0.329 e. The zero-order chi connectivity index (χ0) is 15.3. The summed E-state index contributed by atoms with van der Waals surface area (Å²) in [4.78, 5) is 17.2. The van der Waals surface area contributed by atoms with Crippen LogP contribution in [0.5, 0.6) is 0 Å². The van der Waals surface area contributed by atoms with E-state index in [1.54, 1.807) is 17.8 Å². The monoisotopic (exact) mass is 294 g/mol. The Hall–Kier alpha value is -2.96. The number of benzene rings is 1. The second-order valence-electron chi connectivity index (χ2n) is 5.29. The first kappa shape index (κ1) is 12.8. The highest BCUT2D eigenvalue weighted by Crippen LogP contribution is 2.16. The van der Waals surface area contributed by atoms with Gasteiger partial charge in [0, 0.05) is 7.05 Å². The minimum atomic E-state index is -0.174. The highest BCUT2D eigenvalue weighted by Gasteiger charge is 2.17. The predicted octanol–water partition coefficient (Wildman–Crippen LogP) is 1.13. The van der Waals surface area contributed by atoms with E-state index in [2.05, 4.69) is 15.2 Å². The maximum absolute atomic E-state index is 12.8. The zero-order valence-electron chi connectivity index (χ0n) is 12.3. The molecule has 0 fully saturated rings. The maximum Gasteiger partial charge on any atom is 0.337 e. The molecule has 0 aliphatic carbocycles. The van der Waals surface area contributed by atoms with Gasteiger partial charge in [0.2, 0.25) is 0 Å². The fourth-order valence-electron chi connectivity index (χ4n) is 2.74. The van der Waals surface area contributed by atoms with E-state index in [1.807, 2.05) is 41.9 Å². The SMILES string of the molecule is Cc1nnc2c3c(ncn3C)n(Cc3ccccc3)c(=O)n12. The van der Waals surface area contributed by atoms with Gasteiger partial charge >= 0.3 is 5.69 Å². The number of fused-ring (bicyclic) bond motifs is 3. The second kappa shape index (κ2) is 4.52. The molecule has 0 aliphatic heterocycles. The molecule has 22 heavy (non-hydrogen) atoms. The molecule has 3 heterocycles. The molecule has 0 aliphatic rings. The van der Waals surface area contributed by atoms with Crippen molar-refractivity contribution in [2.75, 3.05) is 0 Å². The van der Waals surface area contributed by atoms with Crippen LogP contribution in [0.15, 0.2) is 41.5 Å². The van der Waals surface area contributed by atoms with Gasteiger partial charge in [-0.05, 0) is 12.5 Å². The Morgan fingerprint density at radius 2 is 1.86 bits per heavy atom. The van der Waals surface area contributed by atoms with Crippen molar-refractivity contribution >= 4 is 16.8 Å². The molecular formula is C15H14N6O. The van der Waals surface area contributed by atoms with E-state index in [9.17, 15) is 4.79 Å². The molecule has 0 saturated heterocycles. The van der Waals surface area contributed by atoms with Gasteiger partial charge in [0.15, 0.2) is 11.3 Å². The topological polar surface area (TPSA) is 70.0 Å². The Morgan fingerprint density at radius 1 is 1.09 bits per heavy atom. The Kier molecular flexibility index (Phi) is 2.62. The molecule has 4 rings (SSSR count). The first-order valence-corrected chi connectivity index (χ1v) is 6.96. The summed E-state index contributed by atoms with van der Waals surface area (Å²) in [7, 11) is 1.89. The van der Waals surface area contributed by atoms with Gasteiger partial charge in [-0.1, -0.05) is 30.3 Å². The molecule has 0 bridgehead atoms. The lowest BCUT2D eigenvalue weighted by atomic mass is 10.2. The van der Waals surface area contributed by atoms with Gasteiger partial charge in [-0.25, -0.2) is 14.2 Å². The van der Waals surface area contributed by atoms with Crippen molar-refractivity contribution < 1.29 is 0 Å². The third-order valence-electron chi connectivity index (χ3n) is 3.82. The first-order chi connectivity index (χ1) is 10.7. The summed E-state index contributed by atoms with van der Waals surface area (Å²) in [5, 5.41) is 8.16. The van der Waals surface area contributed by atoms with Gasteiger partial charge in [-0.2, -0.15) is 0 Å². The quantitative estimate of drug-likeness (QED) is 0.556. The third kappa shape index (κ3) is 1.68. The number of hydrogen-bond donors (Lipinski definition) is 0. The Labute approximate surface area is 125 Å². The largest absolute Gasteiger partial charge is 0.337 e. The van der Waals surface area contributed by atoms with Crippen LogP contribution in [0.1, 0.15) is 11.4 Å². The molecule has 7 nitrogen and oxygen atoms in total. The maximum atomic E-state index is 12.8. The summed E-state index contributed by atoms with van der Waals surface area (Å²) < 4.78 is 5.06. The fourth-order valence-corrected chi connectivity index (χ4v) is 2.74. The standard InChI is InChI=1S/C15H14N6O/c1-10-17-18-14-12-13(16-9-19(12)2)20(15(22)21(10)14)8-11-6-4-3-5-7-11/h3-7,9H,8H2,1-2H3. The van der Waals surface area contributed by atoms with Crippen LogP contribution in [0.25, 0.3) is 16.8 Å². The van der Waals surface area contributed by atoms with E-state index in [1.165, 1.54) is 4.40 Å². The predicted molar refractivity (Wildman–Crippen MR) is 81.8 cm³/mol. The van der Waals surface area contributed by atoms with E-state index in [-0.39, 0.29) is 5.69 Å². The molecule has 4 aromatic rings. The third-order valence-corrected chi connectivity index (χ3v) is 3.82. The molecule has 0 unspecified atom stereocenters. The molecule has 0 amide bonds. The van der Waals surface area contributed by atoms with E-state index < -0.39 is 0 Å². The molecule has 0 saturated carbocycles. The Balaban J connectivity index is 2.09. The van der Waals surface area contributed by atoms with Crippen LogP contribution in [0.4, 0.5) is 0 Å². The highest BCUT2D eigenvalue weighted by molar-refractivity contribution is 5.85. The molecule has 7 heteroatoms. The van der Waals surface area contributed by atoms with E-state index in [0.29, 0.717) is 23.7 Å². The van der Waals surface area contributed by atoms with Gasteiger partial charge < -0.3 is 4.57 Å². The van der Waals surface area contributed by atoms with Gasteiger partial charge in [0.05, 0.1) is 12.9 Å². The lowest BCUT2D eigenvalue weighted by Gasteiger charge is -2.09.